The molecule has 1 heterocycles. The van der Waals surface area contributed by atoms with Gasteiger partial charge >= 0.3 is 0 Å². The van der Waals surface area contributed by atoms with E-state index >= 15 is 0 Å². The SMILES string of the molecule is N#Cc1c(N)oc2c(c1=S)CCC2. The molecule has 0 saturated carbocycles. The number of rotatable bonds is 0. The van der Waals surface area contributed by atoms with Crippen LogP contribution >= 0.6 is 12.2 Å². The van der Waals surface area contributed by atoms with Crippen LogP contribution in [0.1, 0.15) is 23.3 Å². The van der Waals surface area contributed by atoms with Crippen molar-refractivity contribution in [2.24, 2.45) is 0 Å². The molecule has 0 atom stereocenters. The molecule has 0 aromatic carbocycles. The molecule has 0 bridgehead atoms. The van der Waals surface area contributed by atoms with Crippen LogP contribution in [0.4, 0.5) is 5.88 Å². The van der Waals surface area contributed by atoms with Crippen molar-refractivity contribution in [2.75, 3.05) is 5.73 Å². The van der Waals surface area contributed by atoms with E-state index in [0.29, 0.717) is 10.1 Å². The number of nitrogens with zero attached hydrogens (tertiary/aromatic N) is 1. The maximum absolute atomic E-state index is 8.77. The molecule has 0 fully saturated rings. The molecular formula is C9H8N2OS. The van der Waals surface area contributed by atoms with Gasteiger partial charge in [-0.15, -0.1) is 0 Å². The highest BCUT2D eigenvalue weighted by atomic mass is 32.1. The van der Waals surface area contributed by atoms with Gasteiger partial charge in [-0.1, -0.05) is 12.2 Å². The molecule has 2 N–H and O–H groups in total. The van der Waals surface area contributed by atoms with E-state index in [0.717, 1.165) is 30.6 Å². The Bertz CT molecular complexity index is 455. The maximum atomic E-state index is 8.77. The van der Waals surface area contributed by atoms with Gasteiger partial charge in [0.2, 0.25) is 5.88 Å². The number of nitriles is 1. The van der Waals surface area contributed by atoms with Crippen LogP contribution in [0.15, 0.2) is 4.42 Å². The third-order valence-corrected chi connectivity index (χ3v) is 2.71. The number of nitrogen functional groups attached to an aromatic ring is 1. The van der Waals surface area contributed by atoms with Gasteiger partial charge in [0.25, 0.3) is 0 Å². The summed E-state index contributed by atoms with van der Waals surface area (Å²) in [5.74, 6) is 1.02. The van der Waals surface area contributed by atoms with Gasteiger partial charge in [0.15, 0.2) is 0 Å². The summed E-state index contributed by atoms with van der Waals surface area (Å²) in [6.45, 7) is 0. The topological polar surface area (TPSA) is 63.0 Å². The van der Waals surface area contributed by atoms with E-state index in [1.54, 1.807) is 0 Å². The summed E-state index contributed by atoms with van der Waals surface area (Å²) in [4.78, 5) is 0. The van der Waals surface area contributed by atoms with Gasteiger partial charge in [-0.05, 0) is 12.8 Å². The number of nitrogens with two attached hydrogens (primary N) is 1. The van der Waals surface area contributed by atoms with Crippen LogP contribution in [0.5, 0.6) is 0 Å². The van der Waals surface area contributed by atoms with Gasteiger partial charge in [-0.25, -0.2) is 0 Å². The van der Waals surface area contributed by atoms with Crippen LogP contribution in [0.3, 0.4) is 0 Å². The Morgan fingerprint density at radius 2 is 2.23 bits per heavy atom. The molecule has 4 heteroatoms. The van der Waals surface area contributed by atoms with Crippen molar-refractivity contribution in [1.82, 2.24) is 0 Å². The summed E-state index contributed by atoms with van der Waals surface area (Å²) in [5.41, 5.74) is 6.87. The van der Waals surface area contributed by atoms with Crippen molar-refractivity contribution in [1.29, 1.82) is 5.26 Å². The molecule has 2 rings (SSSR count). The highest BCUT2D eigenvalue weighted by Gasteiger charge is 2.19. The van der Waals surface area contributed by atoms with E-state index in [1.165, 1.54) is 0 Å². The molecule has 0 unspecified atom stereocenters. The summed E-state index contributed by atoms with van der Waals surface area (Å²) in [6.07, 6.45) is 2.83. The van der Waals surface area contributed by atoms with Crippen LogP contribution in [0.25, 0.3) is 0 Å². The highest BCUT2D eigenvalue weighted by molar-refractivity contribution is 7.71. The van der Waals surface area contributed by atoms with Gasteiger partial charge in [-0.2, -0.15) is 5.26 Å². The van der Waals surface area contributed by atoms with Gasteiger partial charge < -0.3 is 10.2 Å². The molecule has 13 heavy (non-hydrogen) atoms. The van der Waals surface area contributed by atoms with Crippen molar-refractivity contribution in [3.8, 4) is 6.07 Å². The predicted octanol–water partition coefficient (Wildman–Crippen LogP) is 1.95. The average molecular weight is 192 g/mol. The van der Waals surface area contributed by atoms with E-state index in [2.05, 4.69) is 0 Å². The third kappa shape index (κ3) is 1.12. The molecule has 0 amide bonds. The van der Waals surface area contributed by atoms with Gasteiger partial charge in [-0.3, -0.25) is 0 Å². The van der Waals surface area contributed by atoms with Crippen molar-refractivity contribution >= 4 is 18.1 Å². The Morgan fingerprint density at radius 3 is 2.92 bits per heavy atom. The Kier molecular flexibility index (Phi) is 1.82. The normalized spacial score (nSPS) is 13.8. The Hall–Kier alpha value is -1.34. The fraction of sp³-hybridized carbons (Fsp3) is 0.333. The molecule has 3 nitrogen and oxygen atoms in total. The Labute approximate surface area is 80.8 Å². The monoisotopic (exact) mass is 192 g/mol. The minimum absolute atomic E-state index is 0.160. The number of hydrogen-bond donors (Lipinski definition) is 1. The fourth-order valence-electron chi connectivity index (χ4n) is 1.62. The molecule has 1 aliphatic carbocycles. The lowest BCUT2D eigenvalue weighted by molar-refractivity contribution is 0.517. The number of fused-ring (bicyclic) bond motifs is 1. The lowest BCUT2D eigenvalue weighted by Gasteiger charge is -2.02. The van der Waals surface area contributed by atoms with Crippen LogP contribution in [0, 0.1) is 15.8 Å². The van der Waals surface area contributed by atoms with E-state index in [-0.39, 0.29) is 5.88 Å². The largest absolute Gasteiger partial charge is 0.444 e. The molecule has 0 saturated heterocycles. The van der Waals surface area contributed by atoms with Gasteiger partial charge in [0, 0.05) is 12.0 Å². The summed E-state index contributed by atoms with van der Waals surface area (Å²) in [7, 11) is 0. The van der Waals surface area contributed by atoms with E-state index < -0.39 is 0 Å². The molecule has 0 radical (unpaired) electrons. The molecule has 0 spiro atoms. The first-order valence-electron chi connectivity index (χ1n) is 4.08. The quantitative estimate of drug-likeness (QED) is 0.638. The summed E-state index contributed by atoms with van der Waals surface area (Å²) >= 11 is 5.14. The van der Waals surface area contributed by atoms with Crippen molar-refractivity contribution in [2.45, 2.75) is 19.3 Å². The predicted molar refractivity (Wildman–Crippen MR) is 50.7 cm³/mol. The van der Waals surface area contributed by atoms with Crippen LogP contribution in [0.2, 0.25) is 0 Å². The van der Waals surface area contributed by atoms with Crippen LogP contribution in [-0.2, 0) is 12.8 Å². The molecule has 1 aliphatic rings. The fourth-order valence-corrected chi connectivity index (χ4v) is 1.98. The second-order valence-electron chi connectivity index (χ2n) is 3.04. The van der Waals surface area contributed by atoms with Gasteiger partial charge in [0.1, 0.15) is 17.4 Å². The van der Waals surface area contributed by atoms with Crippen molar-refractivity contribution < 1.29 is 4.42 Å². The second kappa shape index (κ2) is 2.86. The Morgan fingerprint density at radius 1 is 1.46 bits per heavy atom. The molecular weight excluding hydrogens is 184 g/mol. The average Bonchev–Trinajstić information content (AvgIpc) is 2.53. The molecule has 1 aromatic heterocycles. The van der Waals surface area contributed by atoms with E-state index in [4.69, 9.17) is 27.6 Å². The standard InChI is InChI=1S/C9H8N2OS/c10-4-6-8(13)5-2-1-3-7(5)12-9(6)11/h1-3,11H2. The molecule has 0 aliphatic heterocycles. The van der Waals surface area contributed by atoms with Crippen LogP contribution < -0.4 is 5.73 Å². The minimum atomic E-state index is 0.160. The van der Waals surface area contributed by atoms with Crippen molar-refractivity contribution in [3.05, 3.63) is 21.4 Å². The first-order chi connectivity index (χ1) is 6.24. The zero-order valence-corrected chi connectivity index (χ0v) is 7.78. The molecule has 1 aromatic rings. The zero-order chi connectivity index (χ0) is 9.42. The highest BCUT2D eigenvalue weighted by Crippen LogP contribution is 2.28. The summed E-state index contributed by atoms with van der Waals surface area (Å²) in [5, 5.41) is 8.77. The maximum Gasteiger partial charge on any atom is 0.209 e. The first-order valence-corrected chi connectivity index (χ1v) is 4.49. The van der Waals surface area contributed by atoms with Crippen LogP contribution in [-0.4, -0.2) is 0 Å². The van der Waals surface area contributed by atoms with Crippen molar-refractivity contribution in [3.63, 3.8) is 0 Å². The lowest BCUT2D eigenvalue weighted by atomic mass is 10.2. The summed E-state index contributed by atoms with van der Waals surface area (Å²) < 4.78 is 5.89. The third-order valence-electron chi connectivity index (χ3n) is 2.26. The molecule has 66 valence electrons. The van der Waals surface area contributed by atoms with E-state index in [1.807, 2.05) is 6.07 Å². The minimum Gasteiger partial charge on any atom is -0.444 e. The number of anilines is 1. The lowest BCUT2D eigenvalue weighted by Crippen LogP contribution is -1.95. The number of hydrogen-bond acceptors (Lipinski definition) is 4. The van der Waals surface area contributed by atoms with Gasteiger partial charge in [0.05, 0.1) is 4.51 Å². The zero-order valence-electron chi connectivity index (χ0n) is 6.96. The van der Waals surface area contributed by atoms with E-state index in [9.17, 15) is 0 Å². The Balaban J connectivity index is 2.79. The first kappa shape index (κ1) is 8.27. The summed E-state index contributed by atoms with van der Waals surface area (Å²) in [6, 6.07) is 1.97. The smallest absolute Gasteiger partial charge is 0.209 e. The number of aryl methyl sites for hydroxylation is 1. The second-order valence-corrected chi connectivity index (χ2v) is 3.45.